The highest BCUT2D eigenvalue weighted by atomic mass is 32.2. The second-order valence-corrected chi connectivity index (χ2v) is 10.2. The van der Waals surface area contributed by atoms with Gasteiger partial charge in [-0.2, -0.15) is 5.10 Å². The van der Waals surface area contributed by atoms with Crippen molar-refractivity contribution in [1.29, 1.82) is 0 Å². The molecule has 0 unspecified atom stereocenters. The van der Waals surface area contributed by atoms with Crippen molar-refractivity contribution in [3.63, 3.8) is 0 Å². The van der Waals surface area contributed by atoms with Crippen molar-refractivity contribution in [3.8, 4) is 34.4 Å². The zero-order valence-corrected chi connectivity index (χ0v) is 20.0. The molecule has 5 aromatic rings. The third-order valence-electron chi connectivity index (χ3n) is 5.44. The van der Waals surface area contributed by atoms with Crippen LogP contribution in [0.2, 0.25) is 0 Å². The number of hydrogen-bond acceptors (Lipinski definition) is 6. The molecule has 0 aliphatic heterocycles. The molecule has 0 saturated carbocycles. The van der Waals surface area contributed by atoms with E-state index in [-0.39, 0.29) is 28.0 Å². The van der Waals surface area contributed by atoms with Crippen LogP contribution in [0.15, 0.2) is 72.0 Å². The Labute approximate surface area is 205 Å². The highest BCUT2D eigenvalue weighted by Gasteiger charge is 2.18. The van der Waals surface area contributed by atoms with Crippen LogP contribution in [0.1, 0.15) is 6.92 Å². The van der Waals surface area contributed by atoms with Gasteiger partial charge in [-0.1, -0.05) is 13.0 Å². The maximum Gasteiger partial charge on any atom is 0.198 e. The van der Waals surface area contributed by atoms with Gasteiger partial charge in [0, 0.05) is 30.2 Å². The molecule has 0 aliphatic carbocycles. The van der Waals surface area contributed by atoms with Crippen LogP contribution >= 0.6 is 0 Å². The first-order valence-electron chi connectivity index (χ1n) is 10.9. The average Bonchev–Trinajstić information content (AvgIpc) is 3.47. The fraction of sp³-hybridized carbons (Fsp3) is 0.120. The average molecular weight is 511 g/mol. The topological polar surface area (TPSA) is 99.1 Å². The molecule has 1 N–H and O–H groups in total. The summed E-state index contributed by atoms with van der Waals surface area (Å²) in [6, 6.07) is 13.1. The van der Waals surface area contributed by atoms with E-state index in [0.29, 0.717) is 11.2 Å². The van der Waals surface area contributed by atoms with E-state index >= 15 is 0 Å². The van der Waals surface area contributed by atoms with Crippen LogP contribution in [-0.4, -0.2) is 33.9 Å². The van der Waals surface area contributed by atoms with Gasteiger partial charge in [-0.05, 0) is 42.5 Å². The first-order chi connectivity index (χ1) is 17.2. The number of nitrogens with zero attached hydrogens (tertiary/aromatic N) is 3. The van der Waals surface area contributed by atoms with E-state index in [1.165, 1.54) is 31.3 Å². The summed E-state index contributed by atoms with van der Waals surface area (Å²) in [6.45, 7) is 1.53. The van der Waals surface area contributed by atoms with Gasteiger partial charge >= 0.3 is 0 Å². The second-order valence-electron chi connectivity index (χ2n) is 7.93. The van der Waals surface area contributed by atoms with Crippen molar-refractivity contribution >= 4 is 20.7 Å². The Hall–Kier alpha value is -4.25. The second kappa shape index (κ2) is 9.08. The number of nitrogens with one attached hydrogen (secondary N) is 1. The largest absolute Gasteiger partial charge is 0.452 e. The van der Waals surface area contributed by atoms with Gasteiger partial charge in [-0.25, -0.2) is 22.2 Å². The van der Waals surface area contributed by atoms with Crippen molar-refractivity contribution in [3.05, 3.63) is 78.6 Å². The maximum absolute atomic E-state index is 14.3. The number of pyridine rings is 1. The van der Waals surface area contributed by atoms with Gasteiger partial charge in [0.05, 0.1) is 17.6 Å². The predicted molar refractivity (Wildman–Crippen MR) is 129 cm³/mol. The number of ether oxygens (including phenoxy) is 2. The Morgan fingerprint density at radius 1 is 1.00 bits per heavy atom. The van der Waals surface area contributed by atoms with Crippen LogP contribution in [0.3, 0.4) is 0 Å². The molecule has 0 aliphatic rings. The molecule has 0 fully saturated rings. The highest BCUT2D eigenvalue weighted by Crippen LogP contribution is 2.40. The van der Waals surface area contributed by atoms with Crippen molar-refractivity contribution in [2.45, 2.75) is 11.9 Å². The molecule has 0 amide bonds. The molecule has 5 rings (SSSR count). The van der Waals surface area contributed by atoms with E-state index in [2.05, 4.69) is 15.1 Å². The number of benzene rings is 2. The minimum absolute atomic E-state index is 0.0335. The van der Waals surface area contributed by atoms with E-state index in [1.54, 1.807) is 30.1 Å². The molecule has 0 saturated heterocycles. The Morgan fingerprint density at radius 2 is 1.75 bits per heavy atom. The predicted octanol–water partition coefficient (Wildman–Crippen LogP) is 5.62. The normalized spacial score (nSPS) is 11.7. The number of aromatic nitrogens is 4. The molecular weight excluding hydrogens is 490 g/mol. The molecule has 0 atom stereocenters. The Balaban J connectivity index is 1.58. The lowest BCUT2D eigenvalue weighted by molar-refractivity contribution is 0.381. The van der Waals surface area contributed by atoms with E-state index in [1.807, 2.05) is 12.1 Å². The van der Waals surface area contributed by atoms with E-state index < -0.39 is 27.2 Å². The molecule has 2 aromatic carbocycles. The van der Waals surface area contributed by atoms with Crippen LogP contribution in [0.4, 0.5) is 8.78 Å². The summed E-state index contributed by atoms with van der Waals surface area (Å²) in [5.41, 5.74) is 2.05. The number of aryl methyl sites for hydroxylation is 1. The number of fused-ring (bicyclic) bond motifs is 1. The molecule has 8 nitrogen and oxygen atoms in total. The maximum atomic E-state index is 14.3. The quantitative estimate of drug-likeness (QED) is 0.305. The van der Waals surface area contributed by atoms with Crippen LogP contribution in [-0.2, 0) is 16.9 Å². The summed E-state index contributed by atoms with van der Waals surface area (Å²) in [4.78, 5) is 7.20. The third-order valence-corrected chi connectivity index (χ3v) is 7.08. The molecule has 3 heterocycles. The summed E-state index contributed by atoms with van der Waals surface area (Å²) in [7, 11) is -1.68. The number of para-hydroxylation sites is 1. The van der Waals surface area contributed by atoms with Crippen molar-refractivity contribution in [2.24, 2.45) is 7.05 Å². The zero-order chi connectivity index (χ0) is 25.4. The SMILES string of the molecule is CCS(=O)(=O)c1ccc(Oc2cc3cc(-c4ccn(C)n4)[nH]c3cc2Oc2c(F)cccc2F)cn1. The van der Waals surface area contributed by atoms with Crippen LogP contribution in [0, 0.1) is 11.6 Å². The molecule has 11 heteroatoms. The lowest BCUT2D eigenvalue weighted by Crippen LogP contribution is -2.05. The fourth-order valence-corrected chi connectivity index (χ4v) is 4.36. The van der Waals surface area contributed by atoms with Crippen molar-refractivity contribution in [2.75, 3.05) is 5.75 Å². The zero-order valence-electron chi connectivity index (χ0n) is 19.2. The summed E-state index contributed by atoms with van der Waals surface area (Å²) in [6.07, 6.45) is 3.07. The Kier molecular flexibility index (Phi) is 5.92. The van der Waals surface area contributed by atoms with Gasteiger partial charge in [0.25, 0.3) is 0 Å². The lowest BCUT2D eigenvalue weighted by Gasteiger charge is -2.14. The van der Waals surface area contributed by atoms with Gasteiger partial charge in [-0.15, -0.1) is 0 Å². The number of H-pyrrole nitrogens is 1. The monoisotopic (exact) mass is 510 g/mol. The fourth-order valence-electron chi connectivity index (χ4n) is 3.57. The molecule has 0 radical (unpaired) electrons. The smallest absolute Gasteiger partial charge is 0.198 e. The number of hydrogen-bond donors (Lipinski definition) is 1. The highest BCUT2D eigenvalue weighted by molar-refractivity contribution is 7.91. The number of rotatable bonds is 7. The van der Waals surface area contributed by atoms with Crippen LogP contribution in [0.25, 0.3) is 22.3 Å². The summed E-state index contributed by atoms with van der Waals surface area (Å²) in [5.74, 6) is -2.04. The van der Waals surface area contributed by atoms with Gasteiger partial charge in [0.15, 0.2) is 43.7 Å². The van der Waals surface area contributed by atoms with Gasteiger partial charge < -0.3 is 14.5 Å². The van der Waals surface area contributed by atoms with E-state index in [9.17, 15) is 17.2 Å². The number of aromatic amines is 1. The van der Waals surface area contributed by atoms with Gasteiger partial charge in [-0.3, -0.25) is 4.68 Å². The summed E-state index contributed by atoms with van der Waals surface area (Å²) < 4.78 is 66.0. The van der Waals surface area contributed by atoms with Crippen molar-refractivity contribution in [1.82, 2.24) is 19.7 Å². The summed E-state index contributed by atoms with van der Waals surface area (Å²) in [5, 5.41) is 5.03. The third kappa shape index (κ3) is 4.52. The molecule has 184 valence electrons. The molecule has 3 aromatic heterocycles. The van der Waals surface area contributed by atoms with Crippen LogP contribution < -0.4 is 9.47 Å². The standard InChI is InChI=1S/C25H20F2N4O4S/c1-3-36(32,33)24-8-7-16(14-28-24)34-22-12-15-11-21(19-9-10-31(2)30-19)29-20(15)13-23(22)35-25-17(26)5-4-6-18(25)27/h4-14,29H,3H2,1-2H3. The number of halogens is 2. The first kappa shape index (κ1) is 23.5. The molecule has 36 heavy (non-hydrogen) atoms. The first-order valence-corrected chi connectivity index (χ1v) is 12.5. The number of sulfone groups is 1. The minimum Gasteiger partial charge on any atom is -0.452 e. The Bertz CT molecular complexity index is 1660. The summed E-state index contributed by atoms with van der Waals surface area (Å²) >= 11 is 0. The molecule has 0 spiro atoms. The van der Waals surface area contributed by atoms with E-state index in [0.717, 1.165) is 23.2 Å². The van der Waals surface area contributed by atoms with Crippen LogP contribution in [0.5, 0.6) is 23.0 Å². The Morgan fingerprint density at radius 3 is 2.39 bits per heavy atom. The molecular formula is C25H20F2N4O4S. The van der Waals surface area contributed by atoms with Gasteiger partial charge in [0.1, 0.15) is 11.4 Å². The van der Waals surface area contributed by atoms with E-state index in [4.69, 9.17) is 9.47 Å². The van der Waals surface area contributed by atoms with Gasteiger partial charge in [0.2, 0.25) is 0 Å². The molecule has 0 bridgehead atoms. The van der Waals surface area contributed by atoms with Crippen molar-refractivity contribution < 1.29 is 26.7 Å². The lowest BCUT2D eigenvalue weighted by atomic mass is 10.2. The minimum atomic E-state index is -3.48.